The van der Waals surface area contributed by atoms with Gasteiger partial charge in [0.05, 0.1) is 0 Å². The second-order valence-electron chi connectivity index (χ2n) is 6.08. The van der Waals surface area contributed by atoms with E-state index >= 15 is 0 Å². The van der Waals surface area contributed by atoms with Crippen molar-refractivity contribution in [2.75, 3.05) is 0 Å². The summed E-state index contributed by atoms with van der Waals surface area (Å²) >= 11 is 0. The van der Waals surface area contributed by atoms with Crippen molar-refractivity contribution in [2.45, 2.75) is 78.9 Å². The molecule has 1 aromatic heterocycles. The molecule has 1 heterocycles. The highest BCUT2D eigenvalue weighted by Crippen LogP contribution is 2.27. The van der Waals surface area contributed by atoms with Crippen molar-refractivity contribution in [1.82, 2.24) is 9.88 Å². The predicted octanol–water partition coefficient (Wildman–Crippen LogP) is 4.18. The van der Waals surface area contributed by atoms with Gasteiger partial charge in [0.1, 0.15) is 0 Å². The normalized spacial score (nSPS) is 23.8. The highest BCUT2D eigenvalue weighted by atomic mass is 15.0. The first-order chi connectivity index (χ1) is 9.17. The van der Waals surface area contributed by atoms with Crippen molar-refractivity contribution in [2.24, 2.45) is 5.92 Å². The third-order valence-electron chi connectivity index (χ3n) is 4.98. The highest BCUT2D eigenvalue weighted by molar-refractivity contribution is 5.26. The lowest BCUT2D eigenvalue weighted by molar-refractivity contribution is 0.254. The molecule has 108 valence electrons. The van der Waals surface area contributed by atoms with Gasteiger partial charge < -0.3 is 9.88 Å². The molecular formula is C17H30N2. The standard InChI is InChI=1S/C17H30N2/c1-5-15-9-7-8-10-17(15)18-12-16-11-13(3)19(6-2)14(16)4/h11,15,17-18H,5-10,12H2,1-4H3. The monoisotopic (exact) mass is 262 g/mol. The Kier molecular flexibility index (Phi) is 5.09. The van der Waals surface area contributed by atoms with Crippen molar-refractivity contribution in [1.29, 1.82) is 0 Å². The molecule has 0 amide bonds. The van der Waals surface area contributed by atoms with Crippen molar-refractivity contribution >= 4 is 0 Å². The molecule has 2 nitrogen and oxygen atoms in total. The van der Waals surface area contributed by atoms with Gasteiger partial charge in [-0.15, -0.1) is 0 Å². The molecule has 0 saturated heterocycles. The molecule has 0 spiro atoms. The molecule has 1 aromatic rings. The Balaban J connectivity index is 1.98. The van der Waals surface area contributed by atoms with Crippen LogP contribution in [-0.4, -0.2) is 10.6 Å². The molecule has 1 N–H and O–H groups in total. The van der Waals surface area contributed by atoms with Gasteiger partial charge in [-0.25, -0.2) is 0 Å². The molecule has 0 aromatic carbocycles. The topological polar surface area (TPSA) is 17.0 Å². The SMILES string of the molecule is CCC1CCCCC1NCc1cc(C)n(CC)c1C. The maximum atomic E-state index is 3.83. The van der Waals surface area contributed by atoms with Crippen LogP contribution in [0, 0.1) is 19.8 Å². The smallest absolute Gasteiger partial charge is 0.0226 e. The molecule has 1 aliphatic rings. The summed E-state index contributed by atoms with van der Waals surface area (Å²) in [4.78, 5) is 0. The summed E-state index contributed by atoms with van der Waals surface area (Å²) in [5.74, 6) is 0.892. The van der Waals surface area contributed by atoms with Crippen LogP contribution < -0.4 is 5.32 Å². The fraction of sp³-hybridized carbons (Fsp3) is 0.765. The number of nitrogens with one attached hydrogen (secondary N) is 1. The van der Waals surface area contributed by atoms with Crippen LogP contribution in [0.15, 0.2) is 6.07 Å². The number of aryl methyl sites for hydroxylation is 1. The van der Waals surface area contributed by atoms with Crippen molar-refractivity contribution < 1.29 is 0 Å². The van der Waals surface area contributed by atoms with Crippen LogP contribution >= 0.6 is 0 Å². The minimum absolute atomic E-state index is 0.739. The summed E-state index contributed by atoms with van der Waals surface area (Å²) in [6, 6.07) is 3.10. The summed E-state index contributed by atoms with van der Waals surface area (Å²) in [5, 5.41) is 3.83. The fourth-order valence-electron chi connectivity index (χ4n) is 3.74. The minimum atomic E-state index is 0.739. The summed E-state index contributed by atoms with van der Waals surface area (Å²) in [6.07, 6.45) is 6.95. The van der Waals surface area contributed by atoms with Gasteiger partial charge in [-0.3, -0.25) is 0 Å². The molecular weight excluding hydrogens is 232 g/mol. The lowest BCUT2D eigenvalue weighted by atomic mass is 9.83. The van der Waals surface area contributed by atoms with E-state index in [0.29, 0.717) is 0 Å². The molecule has 2 heteroatoms. The zero-order valence-electron chi connectivity index (χ0n) is 13.1. The van der Waals surface area contributed by atoms with E-state index in [1.54, 1.807) is 0 Å². The quantitative estimate of drug-likeness (QED) is 0.842. The van der Waals surface area contributed by atoms with Gasteiger partial charge in [0.15, 0.2) is 0 Å². The first-order valence-corrected chi connectivity index (χ1v) is 8.06. The second-order valence-corrected chi connectivity index (χ2v) is 6.08. The molecule has 1 saturated carbocycles. The zero-order chi connectivity index (χ0) is 13.8. The van der Waals surface area contributed by atoms with Gasteiger partial charge in [-0.05, 0) is 51.2 Å². The molecule has 2 atom stereocenters. The van der Waals surface area contributed by atoms with Gasteiger partial charge >= 0.3 is 0 Å². The van der Waals surface area contributed by atoms with E-state index in [1.165, 1.54) is 49.1 Å². The molecule has 0 radical (unpaired) electrons. The Morgan fingerprint density at radius 3 is 2.58 bits per heavy atom. The molecule has 0 aliphatic heterocycles. The summed E-state index contributed by atoms with van der Waals surface area (Å²) < 4.78 is 2.41. The summed E-state index contributed by atoms with van der Waals surface area (Å²) in [6.45, 7) is 11.2. The summed E-state index contributed by atoms with van der Waals surface area (Å²) in [5.41, 5.74) is 4.32. The van der Waals surface area contributed by atoms with Gasteiger partial charge in [-0.2, -0.15) is 0 Å². The molecule has 19 heavy (non-hydrogen) atoms. The summed E-state index contributed by atoms with van der Waals surface area (Å²) in [7, 11) is 0. The Morgan fingerprint density at radius 1 is 1.21 bits per heavy atom. The first kappa shape index (κ1) is 14.6. The lowest BCUT2D eigenvalue weighted by Gasteiger charge is -2.31. The largest absolute Gasteiger partial charge is 0.349 e. The first-order valence-electron chi connectivity index (χ1n) is 8.06. The fourth-order valence-corrected chi connectivity index (χ4v) is 3.74. The maximum Gasteiger partial charge on any atom is 0.0226 e. The van der Waals surface area contributed by atoms with Gasteiger partial charge in [0, 0.05) is 30.5 Å². The average Bonchev–Trinajstić information content (AvgIpc) is 2.71. The number of hydrogen-bond donors (Lipinski definition) is 1. The Morgan fingerprint density at radius 2 is 1.95 bits per heavy atom. The van der Waals surface area contributed by atoms with E-state index in [9.17, 15) is 0 Å². The third kappa shape index (κ3) is 3.22. The second kappa shape index (κ2) is 6.60. The highest BCUT2D eigenvalue weighted by Gasteiger charge is 2.23. The number of nitrogens with zero attached hydrogens (tertiary/aromatic N) is 1. The maximum absolute atomic E-state index is 3.83. The average molecular weight is 262 g/mol. The molecule has 1 aliphatic carbocycles. The number of aromatic nitrogens is 1. The zero-order valence-corrected chi connectivity index (χ0v) is 13.1. The van der Waals surface area contributed by atoms with E-state index in [2.05, 4.69) is 43.6 Å². The number of rotatable bonds is 5. The van der Waals surface area contributed by atoms with Gasteiger partial charge in [-0.1, -0.05) is 26.2 Å². The predicted molar refractivity (Wildman–Crippen MR) is 82.5 cm³/mol. The minimum Gasteiger partial charge on any atom is -0.349 e. The van der Waals surface area contributed by atoms with Gasteiger partial charge in [0.2, 0.25) is 0 Å². The molecule has 1 fully saturated rings. The van der Waals surface area contributed by atoms with Crippen LogP contribution in [0.2, 0.25) is 0 Å². The Labute approximate surface area is 118 Å². The van der Waals surface area contributed by atoms with Crippen LogP contribution in [0.1, 0.15) is 62.9 Å². The van der Waals surface area contributed by atoms with Crippen LogP contribution in [0.4, 0.5) is 0 Å². The lowest BCUT2D eigenvalue weighted by Crippen LogP contribution is -2.37. The van der Waals surface area contributed by atoms with Crippen molar-refractivity contribution in [3.63, 3.8) is 0 Å². The van der Waals surface area contributed by atoms with Crippen LogP contribution in [0.25, 0.3) is 0 Å². The third-order valence-corrected chi connectivity index (χ3v) is 4.98. The van der Waals surface area contributed by atoms with E-state index in [4.69, 9.17) is 0 Å². The van der Waals surface area contributed by atoms with Gasteiger partial charge in [0.25, 0.3) is 0 Å². The van der Waals surface area contributed by atoms with E-state index < -0.39 is 0 Å². The van der Waals surface area contributed by atoms with E-state index in [-0.39, 0.29) is 0 Å². The molecule has 2 unspecified atom stereocenters. The Bertz CT molecular complexity index is 406. The van der Waals surface area contributed by atoms with Crippen molar-refractivity contribution in [3.8, 4) is 0 Å². The van der Waals surface area contributed by atoms with E-state index in [0.717, 1.165) is 25.0 Å². The Hall–Kier alpha value is -0.760. The number of hydrogen-bond acceptors (Lipinski definition) is 1. The van der Waals surface area contributed by atoms with E-state index in [1.807, 2.05) is 0 Å². The molecule has 2 rings (SSSR count). The van der Waals surface area contributed by atoms with Crippen LogP contribution in [0.3, 0.4) is 0 Å². The van der Waals surface area contributed by atoms with Crippen LogP contribution in [0.5, 0.6) is 0 Å². The van der Waals surface area contributed by atoms with Crippen LogP contribution in [-0.2, 0) is 13.1 Å². The van der Waals surface area contributed by atoms with Crippen molar-refractivity contribution in [3.05, 3.63) is 23.0 Å². The molecule has 0 bridgehead atoms.